The molecule has 16 heavy (non-hydrogen) atoms. The van der Waals surface area contributed by atoms with Crippen LogP contribution >= 0.6 is 0 Å². The number of hydrogen-bond acceptors (Lipinski definition) is 3. The van der Waals surface area contributed by atoms with Crippen molar-refractivity contribution in [2.24, 2.45) is 5.73 Å². The van der Waals surface area contributed by atoms with Gasteiger partial charge in [0.25, 0.3) is 0 Å². The van der Waals surface area contributed by atoms with Crippen molar-refractivity contribution in [2.45, 2.75) is 19.0 Å². The summed E-state index contributed by atoms with van der Waals surface area (Å²) in [6, 6.07) is 4.83. The Kier molecular flexibility index (Phi) is 2.94. The zero-order valence-corrected chi connectivity index (χ0v) is 9.31. The Hall–Kier alpha value is -1.39. The second-order valence-corrected chi connectivity index (χ2v) is 4.33. The summed E-state index contributed by atoms with van der Waals surface area (Å²) in [6.45, 7) is 1.94. The van der Waals surface area contributed by atoms with Gasteiger partial charge in [-0.2, -0.15) is 0 Å². The van der Waals surface area contributed by atoms with E-state index in [1.54, 1.807) is 0 Å². The van der Waals surface area contributed by atoms with Crippen LogP contribution in [0.5, 0.6) is 0 Å². The number of nitrogens with zero attached hydrogens (tertiary/aromatic N) is 1. The molecule has 3 N–H and O–H groups in total. The van der Waals surface area contributed by atoms with Gasteiger partial charge in [0.15, 0.2) is 0 Å². The van der Waals surface area contributed by atoms with Crippen LogP contribution in [0.2, 0.25) is 0 Å². The normalized spacial score (nSPS) is 17.9. The number of benzene rings is 1. The van der Waals surface area contributed by atoms with Gasteiger partial charge in [-0.15, -0.1) is 0 Å². The van der Waals surface area contributed by atoms with Crippen molar-refractivity contribution in [3.63, 3.8) is 0 Å². The molecule has 86 valence electrons. The third kappa shape index (κ3) is 2.08. The summed E-state index contributed by atoms with van der Waals surface area (Å²) >= 11 is 0. The van der Waals surface area contributed by atoms with Gasteiger partial charge in [-0.25, -0.2) is 0 Å². The molecule has 2 rings (SSSR count). The van der Waals surface area contributed by atoms with Gasteiger partial charge in [-0.3, -0.25) is 4.79 Å². The Balaban J connectivity index is 2.29. The molecule has 0 bridgehead atoms. The van der Waals surface area contributed by atoms with Gasteiger partial charge in [0, 0.05) is 13.1 Å². The summed E-state index contributed by atoms with van der Waals surface area (Å²) in [4.78, 5) is 13.0. The molecule has 1 aliphatic rings. The fraction of sp³-hybridized carbons (Fsp3) is 0.417. The molecule has 0 amide bonds. The Bertz CT molecular complexity index is 417. The molecular formula is C12H16N2O2. The van der Waals surface area contributed by atoms with Crippen molar-refractivity contribution in [3.8, 4) is 0 Å². The molecule has 0 aromatic heterocycles. The highest BCUT2D eigenvalue weighted by atomic mass is 16.4. The van der Waals surface area contributed by atoms with E-state index in [9.17, 15) is 4.79 Å². The van der Waals surface area contributed by atoms with E-state index in [2.05, 4.69) is 11.9 Å². The van der Waals surface area contributed by atoms with Crippen LogP contribution in [0.1, 0.15) is 22.7 Å². The molecule has 1 aromatic rings. The molecule has 1 aromatic carbocycles. The highest BCUT2D eigenvalue weighted by Gasteiger charge is 2.18. The van der Waals surface area contributed by atoms with Crippen molar-refractivity contribution < 1.29 is 9.90 Å². The van der Waals surface area contributed by atoms with Gasteiger partial charge in [0.1, 0.15) is 6.04 Å². The summed E-state index contributed by atoms with van der Waals surface area (Å²) in [5.74, 6) is -0.979. The van der Waals surface area contributed by atoms with Gasteiger partial charge in [-0.1, -0.05) is 18.2 Å². The van der Waals surface area contributed by atoms with E-state index in [4.69, 9.17) is 10.8 Å². The first-order valence-electron chi connectivity index (χ1n) is 5.36. The van der Waals surface area contributed by atoms with E-state index in [1.807, 2.05) is 18.2 Å². The lowest BCUT2D eigenvalue weighted by molar-refractivity contribution is -0.138. The van der Waals surface area contributed by atoms with Crippen LogP contribution in [-0.4, -0.2) is 29.6 Å². The van der Waals surface area contributed by atoms with Gasteiger partial charge in [0.2, 0.25) is 0 Å². The number of fused-ring (bicyclic) bond motifs is 1. The first-order chi connectivity index (χ1) is 7.58. The Morgan fingerprint density at radius 3 is 2.94 bits per heavy atom. The standard InChI is InChI=1S/C12H16N2O2/c1-14-5-4-8-6-9(11(13)12(15)16)2-3-10(8)7-14/h2-3,6,11H,4-5,7,13H2,1H3,(H,15,16). The average molecular weight is 220 g/mol. The summed E-state index contributed by atoms with van der Waals surface area (Å²) in [6.07, 6.45) is 0.964. The maximum absolute atomic E-state index is 10.8. The van der Waals surface area contributed by atoms with Crippen LogP contribution < -0.4 is 5.73 Å². The van der Waals surface area contributed by atoms with Crippen LogP contribution in [0.4, 0.5) is 0 Å². The lowest BCUT2D eigenvalue weighted by Crippen LogP contribution is -2.27. The van der Waals surface area contributed by atoms with Crippen LogP contribution in [0.3, 0.4) is 0 Å². The topological polar surface area (TPSA) is 66.6 Å². The fourth-order valence-electron chi connectivity index (χ4n) is 2.05. The molecule has 0 aliphatic carbocycles. The minimum atomic E-state index is -0.979. The molecule has 4 nitrogen and oxygen atoms in total. The number of carboxylic acids is 1. The zero-order valence-electron chi connectivity index (χ0n) is 9.31. The highest BCUT2D eigenvalue weighted by Crippen LogP contribution is 2.21. The van der Waals surface area contributed by atoms with Crippen LogP contribution in [0.25, 0.3) is 0 Å². The largest absolute Gasteiger partial charge is 0.480 e. The highest BCUT2D eigenvalue weighted by molar-refractivity contribution is 5.75. The summed E-state index contributed by atoms with van der Waals surface area (Å²) in [5.41, 5.74) is 8.78. The predicted molar refractivity (Wildman–Crippen MR) is 61.0 cm³/mol. The lowest BCUT2D eigenvalue weighted by Gasteiger charge is -2.25. The summed E-state index contributed by atoms with van der Waals surface area (Å²) in [5, 5.41) is 8.85. The first kappa shape index (κ1) is 11.1. The van der Waals surface area contributed by atoms with Crippen LogP contribution in [0, 0.1) is 0 Å². The van der Waals surface area contributed by atoms with Crippen molar-refractivity contribution in [3.05, 3.63) is 34.9 Å². The second-order valence-electron chi connectivity index (χ2n) is 4.33. The van der Waals surface area contributed by atoms with Crippen molar-refractivity contribution in [1.82, 2.24) is 4.90 Å². The van der Waals surface area contributed by atoms with Crippen LogP contribution in [-0.2, 0) is 17.8 Å². The molecule has 1 aliphatic heterocycles. The van der Waals surface area contributed by atoms with E-state index in [1.165, 1.54) is 11.1 Å². The zero-order chi connectivity index (χ0) is 11.7. The third-order valence-corrected chi connectivity index (χ3v) is 3.06. The van der Waals surface area contributed by atoms with E-state index < -0.39 is 12.0 Å². The number of aliphatic carboxylic acids is 1. The quantitative estimate of drug-likeness (QED) is 0.772. The van der Waals surface area contributed by atoms with Crippen molar-refractivity contribution in [2.75, 3.05) is 13.6 Å². The number of rotatable bonds is 2. The maximum atomic E-state index is 10.8. The van der Waals surface area contributed by atoms with Crippen molar-refractivity contribution in [1.29, 1.82) is 0 Å². The Morgan fingerprint density at radius 2 is 2.25 bits per heavy atom. The molecule has 0 saturated heterocycles. The summed E-state index contributed by atoms with van der Waals surface area (Å²) < 4.78 is 0. The van der Waals surface area contributed by atoms with Gasteiger partial charge >= 0.3 is 5.97 Å². The summed E-state index contributed by atoms with van der Waals surface area (Å²) in [7, 11) is 2.08. The van der Waals surface area contributed by atoms with E-state index in [0.717, 1.165) is 19.5 Å². The Labute approximate surface area is 94.7 Å². The van der Waals surface area contributed by atoms with Gasteiger partial charge in [0.05, 0.1) is 0 Å². The van der Waals surface area contributed by atoms with E-state index in [-0.39, 0.29) is 0 Å². The minimum absolute atomic E-state index is 0.691. The monoisotopic (exact) mass is 220 g/mol. The SMILES string of the molecule is CN1CCc2cc(C(N)C(=O)O)ccc2C1. The third-order valence-electron chi connectivity index (χ3n) is 3.06. The van der Waals surface area contributed by atoms with E-state index in [0.29, 0.717) is 5.56 Å². The number of hydrogen-bond donors (Lipinski definition) is 2. The molecule has 0 radical (unpaired) electrons. The molecule has 1 unspecified atom stereocenters. The minimum Gasteiger partial charge on any atom is -0.480 e. The number of carboxylic acid groups (broad SMARTS) is 1. The molecule has 0 fully saturated rings. The molecule has 0 spiro atoms. The molecule has 0 saturated carbocycles. The molecule has 4 heteroatoms. The molecular weight excluding hydrogens is 204 g/mol. The average Bonchev–Trinajstić information content (AvgIpc) is 2.27. The molecule has 1 heterocycles. The Morgan fingerprint density at radius 1 is 1.50 bits per heavy atom. The lowest BCUT2D eigenvalue weighted by atomic mass is 9.95. The number of nitrogens with two attached hydrogens (primary N) is 1. The predicted octanol–water partition coefficient (Wildman–Crippen LogP) is 0.759. The second kappa shape index (κ2) is 4.23. The first-order valence-corrected chi connectivity index (χ1v) is 5.36. The van der Waals surface area contributed by atoms with Crippen LogP contribution in [0.15, 0.2) is 18.2 Å². The number of likely N-dealkylation sites (N-methyl/N-ethyl adjacent to an activating group) is 1. The smallest absolute Gasteiger partial charge is 0.325 e. The fourth-order valence-corrected chi connectivity index (χ4v) is 2.05. The van der Waals surface area contributed by atoms with E-state index >= 15 is 0 Å². The number of carbonyl (C=O) groups is 1. The van der Waals surface area contributed by atoms with Gasteiger partial charge < -0.3 is 15.7 Å². The molecule has 1 atom stereocenters. The van der Waals surface area contributed by atoms with Crippen molar-refractivity contribution >= 4 is 5.97 Å². The van der Waals surface area contributed by atoms with Gasteiger partial charge in [-0.05, 0) is 30.2 Å². The maximum Gasteiger partial charge on any atom is 0.325 e.